The molecule has 19 heavy (non-hydrogen) atoms. The average molecular weight is 263 g/mol. The van der Waals surface area contributed by atoms with Crippen LogP contribution in [0.4, 0.5) is 11.5 Å². The van der Waals surface area contributed by atoms with E-state index in [1.165, 1.54) is 7.11 Å². The predicted molar refractivity (Wildman–Crippen MR) is 70.1 cm³/mol. The molecule has 0 amide bonds. The molecule has 0 aromatic carbocycles. The summed E-state index contributed by atoms with van der Waals surface area (Å²) < 4.78 is 10.5. The van der Waals surface area contributed by atoms with Crippen LogP contribution in [0.5, 0.6) is 0 Å². The third-order valence-corrected chi connectivity index (χ3v) is 3.72. The summed E-state index contributed by atoms with van der Waals surface area (Å²) in [5.41, 5.74) is 6.81. The lowest BCUT2D eigenvalue weighted by molar-refractivity contribution is 0.0303. The van der Waals surface area contributed by atoms with E-state index in [1.54, 1.807) is 12.3 Å². The number of morpholine rings is 1. The second-order valence-corrected chi connectivity index (χ2v) is 4.95. The first-order valence-electron chi connectivity index (χ1n) is 6.42. The Labute approximate surface area is 111 Å². The van der Waals surface area contributed by atoms with Gasteiger partial charge in [0.05, 0.1) is 30.6 Å². The van der Waals surface area contributed by atoms with Gasteiger partial charge in [0.1, 0.15) is 0 Å². The normalized spacial score (nSPS) is 25.4. The van der Waals surface area contributed by atoms with Gasteiger partial charge < -0.3 is 20.1 Å². The smallest absolute Gasteiger partial charge is 0.340 e. The Morgan fingerprint density at radius 2 is 2.16 bits per heavy atom. The zero-order valence-corrected chi connectivity index (χ0v) is 10.8. The van der Waals surface area contributed by atoms with E-state index in [4.69, 9.17) is 15.2 Å². The molecule has 0 spiro atoms. The summed E-state index contributed by atoms with van der Waals surface area (Å²) in [5.74, 6) is 0.223. The standard InChI is InChI=1S/C13H17N3O3/c1-18-13(17)10-4-5-15-12(11(10)14)16-6-8-2-3-9(7-16)19-8/h4-5,8-9H,2-3,6-7,14H2,1H3. The topological polar surface area (TPSA) is 77.7 Å². The number of nitrogens with zero attached hydrogens (tertiary/aromatic N) is 2. The molecule has 2 bridgehead atoms. The Balaban J connectivity index is 1.90. The van der Waals surface area contributed by atoms with Gasteiger partial charge in [-0.15, -0.1) is 0 Å². The van der Waals surface area contributed by atoms with Crippen LogP contribution in [0.25, 0.3) is 0 Å². The van der Waals surface area contributed by atoms with E-state index in [-0.39, 0.29) is 12.2 Å². The molecule has 2 atom stereocenters. The minimum atomic E-state index is -0.433. The summed E-state index contributed by atoms with van der Waals surface area (Å²) in [5, 5.41) is 0. The molecule has 6 heteroatoms. The number of hydrogen-bond donors (Lipinski definition) is 1. The minimum absolute atomic E-state index is 0.252. The molecular formula is C13H17N3O3. The van der Waals surface area contributed by atoms with Crippen LogP contribution < -0.4 is 10.6 Å². The number of methoxy groups -OCH3 is 1. The largest absolute Gasteiger partial charge is 0.465 e. The maximum absolute atomic E-state index is 11.6. The summed E-state index contributed by atoms with van der Waals surface area (Å²) in [6.45, 7) is 1.55. The highest BCUT2D eigenvalue weighted by molar-refractivity contribution is 5.97. The predicted octanol–water partition coefficient (Wildman–Crippen LogP) is 0.818. The maximum atomic E-state index is 11.6. The number of esters is 1. The summed E-state index contributed by atoms with van der Waals surface area (Å²) >= 11 is 0. The van der Waals surface area contributed by atoms with Crippen molar-refractivity contribution in [1.29, 1.82) is 0 Å². The first kappa shape index (κ1) is 12.2. The molecule has 2 unspecified atom stereocenters. The molecule has 6 nitrogen and oxygen atoms in total. The SMILES string of the molecule is COC(=O)c1ccnc(N2CC3CCC(C2)O3)c1N. The number of anilines is 2. The molecule has 1 aromatic heterocycles. The summed E-state index contributed by atoms with van der Waals surface area (Å²) in [4.78, 5) is 18.1. The minimum Gasteiger partial charge on any atom is -0.465 e. The van der Waals surface area contributed by atoms with Crippen molar-refractivity contribution >= 4 is 17.5 Å². The van der Waals surface area contributed by atoms with E-state index in [1.807, 2.05) is 0 Å². The van der Waals surface area contributed by atoms with Gasteiger partial charge in [-0.25, -0.2) is 9.78 Å². The molecule has 3 rings (SSSR count). The van der Waals surface area contributed by atoms with Crippen LogP contribution in [-0.2, 0) is 9.47 Å². The van der Waals surface area contributed by atoms with Crippen LogP contribution in [0.15, 0.2) is 12.3 Å². The molecule has 0 aliphatic carbocycles. The Hall–Kier alpha value is -1.82. The van der Waals surface area contributed by atoms with Crippen LogP contribution >= 0.6 is 0 Å². The Morgan fingerprint density at radius 1 is 1.47 bits per heavy atom. The lowest BCUT2D eigenvalue weighted by Crippen LogP contribution is -2.43. The Morgan fingerprint density at radius 3 is 2.79 bits per heavy atom. The number of aromatic nitrogens is 1. The van der Waals surface area contributed by atoms with Gasteiger partial charge in [-0.1, -0.05) is 0 Å². The van der Waals surface area contributed by atoms with Crippen LogP contribution in [-0.4, -0.2) is 43.4 Å². The number of ether oxygens (including phenoxy) is 2. The molecule has 2 aliphatic rings. The zero-order valence-electron chi connectivity index (χ0n) is 10.8. The van der Waals surface area contributed by atoms with E-state index in [2.05, 4.69) is 9.88 Å². The average Bonchev–Trinajstić information content (AvgIpc) is 2.77. The number of nitrogens with two attached hydrogens (primary N) is 1. The van der Waals surface area contributed by atoms with Crippen molar-refractivity contribution in [3.8, 4) is 0 Å². The highest BCUT2D eigenvalue weighted by atomic mass is 16.5. The van der Waals surface area contributed by atoms with Crippen molar-refractivity contribution in [2.75, 3.05) is 30.8 Å². The lowest BCUT2D eigenvalue weighted by Gasteiger charge is -2.33. The molecule has 3 heterocycles. The van der Waals surface area contributed by atoms with Crippen molar-refractivity contribution < 1.29 is 14.3 Å². The Bertz CT molecular complexity index is 494. The van der Waals surface area contributed by atoms with Gasteiger partial charge in [0.15, 0.2) is 5.82 Å². The van der Waals surface area contributed by atoms with Gasteiger partial charge >= 0.3 is 5.97 Å². The van der Waals surface area contributed by atoms with Crippen molar-refractivity contribution in [2.45, 2.75) is 25.0 Å². The fraction of sp³-hybridized carbons (Fsp3) is 0.538. The van der Waals surface area contributed by atoms with Gasteiger partial charge in [0, 0.05) is 19.3 Å². The number of nitrogen functional groups attached to an aromatic ring is 1. The van der Waals surface area contributed by atoms with Crippen LogP contribution in [0, 0.1) is 0 Å². The molecule has 2 saturated heterocycles. The molecule has 0 radical (unpaired) electrons. The van der Waals surface area contributed by atoms with E-state index in [0.29, 0.717) is 17.1 Å². The van der Waals surface area contributed by atoms with Gasteiger partial charge in [-0.2, -0.15) is 0 Å². The van der Waals surface area contributed by atoms with Gasteiger partial charge in [0.25, 0.3) is 0 Å². The highest BCUT2D eigenvalue weighted by Crippen LogP contribution is 2.32. The van der Waals surface area contributed by atoms with Gasteiger partial charge in [-0.3, -0.25) is 0 Å². The third kappa shape index (κ3) is 2.12. The zero-order chi connectivity index (χ0) is 13.4. The Kier molecular flexibility index (Phi) is 3.02. The van der Waals surface area contributed by atoms with Crippen molar-refractivity contribution in [3.05, 3.63) is 17.8 Å². The lowest BCUT2D eigenvalue weighted by atomic mass is 10.2. The quantitative estimate of drug-likeness (QED) is 0.796. The van der Waals surface area contributed by atoms with Crippen LogP contribution in [0.2, 0.25) is 0 Å². The van der Waals surface area contributed by atoms with Crippen LogP contribution in [0.1, 0.15) is 23.2 Å². The van der Waals surface area contributed by atoms with E-state index in [0.717, 1.165) is 25.9 Å². The molecule has 2 fully saturated rings. The van der Waals surface area contributed by atoms with Gasteiger partial charge in [0.2, 0.25) is 0 Å². The summed E-state index contributed by atoms with van der Waals surface area (Å²) in [7, 11) is 1.34. The molecule has 2 aliphatic heterocycles. The van der Waals surface area contributed by atoms with Crippen LogP contribution in [0.3, 0.4) is 0 Å². The third-order valence-electron chi connectivity index (χ3n) is 3.72. The van der Waals surface area contributed by atoms with E-state index >= 15 is 0 Å². The number of hydrogen-bond acceptors (Lipinski definition) is 6. The highest BCUT2D eigenvalue weighted by Gasteiger charge is 2.35. The van der Waals surface area contributed by atoms with E-state index < -0.39 is 5.97 Å². The van der Waals surface area contributed by atoms with E-state index in [9.17, 15) is 4.79 Å². The molecule has 1 aromatic rings. The molecule has 102 valence electrons. The second kappa shape index (κ2) is 4.70. The van der Waals surface area contributed by atoms with Crippen molar-refractivity contribution in [3.63, 3.8) is 0 Å². The fourth-order valence-corrected chi connectivity index (χ4v) is 2.79. The van der Waals surface area contributed by atoms with Crippen molar-refractivity contribution in [2.24, 2.45) is 0 Å². The monoisotopic (exact) mass is 263 g/mol. The first-order chi connectivity index (χ1) is 9.19. The number of carbonyl (C=O) groups excluding carboxylic acids is 1. The van der Waals surface area contributed by atoms with Crippen molar-refractivity contribution in [1.82, 2.24) is 4.98 Å². The number of pyridine rings is 1. The summed E-state index contributed by atoms with van der Waals surface area (Å²) in [6.07, 6.45) is 4.26. The number of fused-ring (bicyclic) bond motifs is 2. The number of rotatable bonds is 2. The summed E-state index contributed by atoms with van der Waals surface area (Å²) in [6, 6.07) is 1.58. The second-order valence-electron chi connectivity index (χ2n) is 4.95. The molecular weight excluding hydrogens is 246 g/mol. The molecule has 2 N–H and O–H groups in total. The maximum Gasteiger partial charge on any atom is 0.340 e. The molecule has 0 saturated carbocycles. The fourth-order valence-electron chi connectivity index (χ4n) is 2.79. The first-order valence-corrected chi connectivity index (χ1v) is 6.42. The van der Waals surface area contributed by atoms with Gasteiger partial charge in [-0.05, 0) is 18.9 Å². The number of carbonyl (C=O) groups is 1.